The SMILES string of the molecule is C/C(N)=C/C(=O)OCCCCCCN1CCC(c2ccccc2)CC1. The fourth-order valence-corrected chi connectivity index (χ4v) is 3.41. The standard InChI is InChI=1S/C21H32N2O2/c1-18(22)17-21(24)25-16-8-3-2-7-13-23-14-11-20(12-15-23)19-9-5-4-6-10-19/h4-6,9-10,17,20H,2-3,7-8,11-16,22H2,1H3/b18-17-. The smallest absolute Gasteiger partial charge is 0.332 e. The minimum absolute atomic E-state index is 0.332. The summed E-state index contributed by atoms with van der Waals surface area (Å²) in [4.78, 5) is 13.9. The van der Waals surface area contributed by atoms with E-state index in [1.165, 1.54) is 57.0 Å². The van der Waals surface area contributed by atoms with Gasteiger partial charge in [0.15, 0.2) is 0 Å². The Kier molecular flexibility index (Phi) is 8.53. The van der Waals surface area contributed by atoms with E-state index in [2.05, 4.69) is 35.2 Å². The molecule has 1 aromatic carbocycles. The predicted octanol–water partition coefficient (Wildman–Crippen LogP) is 3.83. The second kappa shape index (κ2) is 10.9. The van der Waals surface area contributed by atoms with Gasteiger partial charge >= 0.3 is 5.97 Å². The van der Waals surface area contributed by atoms with Gasteiger partial charge < -0.3 is 15.4 Å². The molecular weight excluding hydrogens is 312 g/mol. The monoisotopic (exact) mass is 344 g/mol. The van der Waals surface area contributed by atoms with Crippen molar-refractivity contribution in [3.05, 3.63) is 47.7 Å². The first-order valence-electron chi connectivity index (χ1n) is 9.53. The summed E-state index contributed by atoms with van der Waals surface area (Å²) in [6.45, 7) is 5.79. The van der Waals surface area contributed by atoms with Gasteiger partial charge in [-0.1, -0.05) is 43.2 Å². The van der Waals surface area contributed by atoms with Crippen molar-refractivity contribution in [1.29, 1.82) is 0 Å². The first kappa shape index (κ1) is 19.5. The second-order valence-corrected chi connectivity index (χ2v) is 7.00. The van der Waals surface area contributed by atoms with Gasteiger partial charge in [0.2, 0.25) is 0 Å². The number of hydrogen-bond acceptors (Lipinski definition) is 4. The Labute approximate surface area is 152 Å². The van der Waals surface area contributed by atoms with Crippen LogP contribution in [0, 0.1) is 0 Å². The molecule has 0 atom stereocenters. The lowest BCUT2D eigenvalue weighted by Gasteiger charge is -2.32. The minimum Gasteiger partial charge on any atom is -0.462 e. The Balaban J connectivity index is 1.48. The highest BCUT2D eigenvalue weighted by Crippen LogP contribution is 2.27. The number of nitrogens with zero attached hydrogens (tertiary/aromatic N) is 1. The summed E-state index contributed by atoms with van der Waals surface area (Å²) in [5.41, 5.74) is 7.42. The maximum Gasteiger partial charge on any atom is 0.332 e. The molecule has 0 spiro atoms. The van der Waals surface area contributed by atoms with Crippen molar-refractivity contribution in [1.82, 2.24) is 4.90 Å². The molecule has 2 rings (SSSR count). The van der Waals surface area contributed by atoms with E-state index >= 15 is 0 Å². The molecule has 0 radical (unpaired) electrons. The molecule has 0 aromatic heterocycles. The molecule has 1 fully saturated rings. The Bertz CT molecular complexity index is 530. The summed E-state index contributed by atoms with van der Waals surface area (Å²) in [7, 11) is 0. The number of unbranched alkanes of at least 4 members (excludes halogenated alkanes) is 3. The van der Waals surface area contributed by atoms with Gasteiger partial charge in [-0.15, -0.1) is 0 Å². The highest BCUT2D eigenvalue weighted by atomic mass is 16.5. The van der Waals surface area contributed by atoms with Crippen molar-refractivity contribution in [2.75, 3.05) is 26.2 Å². The Morgan fingerprint density at radius 1 is 1.16 bits per heavy atom. The van der Waals surface area contributed by atoms with E-state index < -0.39 is 0 Å². The molecule has 1 saturated heterocycles. The molecule has 138 valence electrons. The van der Waals surface area contributed by atoms with Crippen molar-refractivity contribution in [3.63, 3.8) is 0 Å². The van der Waals surface area contributed by atoms with Crippen molar-refractivity contribution < 1.29 is 9.53 Å². The van der Waals surface area contributed by atoms with Crippen LogP contribution in [0.25, 0.3) is 0 Å². The number of nitrogens with two attached hydrogens (primary N) is 1. The van der Waals surface area contributed by atoms with Crippen molar-refractivity contribution in [2.45, 2.75) is 51.4 Å². The average Bonchev–Trinajstić information content (AvgIpc) is 2.61. The summed E-state index contributed by atoms with van der Waals surface area (Å²) in [5.74, 6) is 0.402. The topological polar surface area (TPSA) is 55.6 Å². The summed E-state index contributed by atoms with van der Waals surface area (Å²) in [6, 6.07) is 10.9. The van der Waals surface area contributed by atoms with Gasteiger partial charge in [0.1, 0.15) is 0 Å². The Morgan fingerprint density at radius 2 is 1.84 bits per heavy atom. The average molecular weight is 344 g/mol. The van der Waals surface area contributed by atoms with Gasteiger partial charge in [-0.25, -0.2) is 4.79 Å². The first-order valence-corrected chi connectivity index (χ1v) is 9.53. The molecule has 0 saturated carbocycles. The zero-order valence-electron chi connectivity index (χ0n) is 15.5. The summed E-state index contributed by atoms with van der Waals surface area (Å²) in [5, 5.41) is 0. The van der Waals surface area contributed by atoms with Crippen LogP contribution in [0.4, 0.5) is 0 Å². The van der Waals surface area contributed by atoms with Crippen LogP contribution in [0.15, 0.2) is 42.1 Å². The number of hydrogen-bond donors (Lipinski definition) is 1. The molecule has 2 N–H and O–H groups in total. The molecule has 1 aromatic rings. The van der Waals surface area contributed by atoms with Crippen molar-refractivity contribution >= 4 is 5.97 Å². The van der Waals surface area contributed by atoms with Crippen LogP contribution < -0.4 is 5.73 Å². The zero-order chi connectivity index (χ0) is 17.9. The quantitative estimate of drug-likeness (QED) is 0.420. The van der Waals surface area contributed by atoms with Gasteiger partial charge in [-0.3, -0.25) is 0 Å². The summed E-state index contributed by atoms with van der Waals surface area (Å²) in [6.07, 6.45) is 8.34. The molecule has 0 amide bonds. The van der Waals surface area contributed by atoms with Gasteiger partial charge in [-0.05, 0) is 63.7 Å². The van der Waals surface area contributed by atoms with E-state index in [9.17, 15) is 4.79 Å². The lowest BCUT2D eigenvalue weighted by molar-refractivity contribution is -0.137. The third-order valence-corrected chi connectivity index (χ3v) is 4.82. The molecule has 0 bridgehead atoms. The number of allylic oxidation sites excluding steroid dienone is 1. The molecule has 1 aliphatic rings. The van der Waals surface area contributed by atoms with E-state index in [0.29, 0.717) is 12.3 Å². The van der Waals surface area contributed by atoms with Crippen LogP contribution in [0.1, 0.15) is 56.9 Å². The van der Waals surface area contributed by atoms with E-state index in [1.807, 2.05) is 0 Å². The number of rotatable bonds is 9. The van der Waals surface area contributed by atoms with E-state index in [1.54, 1.807) is 6.92 Å². The van der Waals surface area contributed by atoms with Crippen molar-refractivity contribution in [2.24, 2.45) is 5.73 Å². The second-order valence-electron chi connectivity index (χ2n) is 7.00. The maximum absolute atomic E-state index is 11.3. The third-order valence-electron chi connectivity index (χ3n) is 4.82. The van der Waals surface area contributed by atoms with Crippen LogP contribution in [0.5, 0.6) is 0 Å². The normalized spacial score (nSPS) is 16.8. The lowest BCUT2D eigenvalue weighted by atomic mass is 9.89. The first-order chi connectivity index (χ1) is 12.1. The van der Waals surface area contributed by atoms with Gasteiger partial charge in [0, 0.05) is 11.8 Å². The minimum atomic E-state index is -0.332. The van der Waals surface area contributed by atoms with Crippen LogP contribution in [-0.2, 0) is 9.53 Å². The molecule has 25 heavy (non-hydrogen) atoms. The Morgan fingerprint density at radius 3 is 2.52 bits per heavy atom. The van der Waals surface area contributed by atoms with E-state index in [-0.39, 0.29) is 5.97 Å². The van der Waals surface area contributed by atoms with Crippen LogP contribution in [-0.4, -0.2) is 37.1 Å². The zero-order valence-corrected chi connectivity index (χ0v) is 15.5. The fourth-order valence-electron chi connectivity index (χ4n) is 3.41. The molecule has 4 heteroatoms. The number of benzene rings is 1. The van der Waals surface area contributed by atoms with Gasteiger partial charge in [0.05, 0.1) is 6.61 Å². The molecule has 1 aliphatic heterocycles. The molecule has 4 nitrogen and oxygen atoms in total. The largest absolute Gasteiger partial charge is 0.462 e. The fraction of sp³-hybridized carbons (Fsp3) is 0.571. The Hall–Kier alpha value is -1.81. The maximum atomic E-state index is 11.3. The van der Waals surface area contributed by atoms with Gasteiger partial charge in [0.25, 0.3) is 0 Å². The van der Waals surface area contributed by atoms with Crippen LogP contribution in [0.2, 0.25) is 0 Å². The summed E-state index contributed by atoms with van der Waals surface area (Å²) >= 11 is 0. The highest BCUT2D eigenvalue weighted by molar-refractivity contribution is 5.82. The molecule has 0 aliphatic carbocycles. The number of esters is 1. The van der Waals surface area contributed by atoms with Crippen LogP contribution in [0.3, 0.4) is 0 Å². The number of likely N-dealkylation sites (tertiary alicyclic amines) is 1. The predicted molar refractivity (Wildman–Crippen MR) is 102 cm³/mol. The lowest BCUT2D eigenvalue weighted by Crippen LogP contribution is -2.33. The van der Waals surface area contributed by atoms with E-state index in [0.717, 1.165) is 18.8 Å². The number of ether oxygens (including phenoxy) is 1. The molecule has 0 unspecified atom stereocenters. The molecular formula is C21H32N2O2. The van der Waals surface area contributed by atoms with E-state index in [4.69, 9.17) is 10.5 Å². The number of carbonyl (C=O) groups is 1. The number of carbonyl (C=O) groups excluding carboxylic acids is 1. The van der Waals surface area contributed by atoms with Crippen molar-refractivity contribution in [3.8, 4) is 0 Å². The van der Waals surface area contributed by atoms with Crippen LogP contribution >= 0.6 is 0 Å². The highest BCUT2D eigenvalue weighted by Gasteiger charge is 2.19. The number of piperidine rings is 1. The van der Waals surface area contributed by atoms with Gasteiger partial charge in [-0.2, -0.15) is 0 Å². The summed E-state index contributed by atoms with van der Waals surface area (Å²) < 4.78 is 5.10. The molecule has 1 heterocycles. The third kappa shape index (κ3) is 7.74.